The summed E-state index contributed by atoms with van der Waals surface area (Å²) >= 11 is 5.84. The number of aromatic carboxylic acids is 1. The number of alkyl halides is 2. The number of fused-ring (bicyclic) bond motifs is 1. The lowest BCUT2D eigenvalue weighted by Crippen LogP contribution is -2.31. The summed E-state index contributed by atoms with van der Waals surface area (Å²) in [4.78, 5) is 34.6. The van der Waals surface area contributed by atoms with Gasteiger partial charge in [-0.1, -0.05) is 17.7 Å². The highest BCUT2D eigenvalue weighted by Crippen LogP contribution is 2.30. The number of nitrogens with zero attached hydrogens (tertiary/aromatic N) is 4. The first-order valence-electron chi connectivity index (χ1n) is 10.3. The molecule has 11 heteroatoms. The van der Waals surface area contributed by atoms with E-state index in [-0.39, 0.29) is 41.1 Å². The minimum atomic E-state index is -1.65. The van der Waals surface area contributed by atoms with Gasteiger partial charge in [-0.2, -0.15) is 0 Å². The summed E-state index contributed by atoms with van der Waals surface area (Å²) in [7, 11) is 1.52. The second kappa shape index (κ2) is 8.58. The van der Waals surface area contributed by atoms with E-state index in [1.165, 1.54) is 28.6 Å². The molecule has 1 aliphatic heterocycles. The van der Waals surface area contributed by atoms with E-state index in [4.69, 9.17) is 11.6 Å². The fourth-order valence-corrected chi connectivity index (χ4v) is 4.22. The van der Waals surface area contributed by atoms with Crippen molar-refractivity contribution in [3.05, 3.63) is 56.6 Å². The van der Waals surface area contributed by atoms with E-state index in [0.29, 0.717) is 16.5 Å². The van der Waals surface area contributed by atoms with Gasteiger partial charge in [0.25, 0.3) is 5.56 Å². The summed E-state index contributed by atoms with van der Waals surface area (Å²) in [5.41, 5.74) is 1.47. The van der Waals surface area contributed by atoms with Crippen LogP contribution in [0.1, 0.15) is 34.6 Å². The molecular formula is C22H22ClF2N5O3. The van der Waals surface area contributed by atoms with Crippen molar-refractivity contribution < 1.29 is 18.7 Å². The number of hydrogen-bond donors (Lipinski definition) is 2. The highest BCUT2D eigenvalue weighted by molar-refractivity contribution is 6.29. The molecule has 8 nitrogen and oxygen atoms in total. The summed E-state index contributed by atoms with van der Waals surface area (Å²) < 4.78 is 28.9. The predicted molar refractivity (Wildman–Crippen MR) is 122 cm³/mol. The number of hydrogen-bond acceptors (Lipinski definition) is 6. The molecule has 2 aromatic heterocycles. The third-order valence-corrected chi connectivity index (χ3v) is 5.91. The minimum absolute atomic E-state index is 0.0457. The van der Waals surface area contributed by atoms with E-state index in [9.17, 15) is 23.5 Å². The molecule has 0 bridgehead atoms. The van der Waals surface area contributed by atoms with Gasteiger partial charge in [-0.3, -0.25) is 9.36 Å². The van der Waals surface area contributed by atoms with Gasteiger partial charge in [0.2, 0.25) is 5.95 Å². The third-order valence-electron chi connectivity index (χ3n) is 5.70. The minimum Gasteiger partial charge on any atom is -0.476 e. The van der Waals surface area contributed by atoms with Gasteiger partial charge in [0.15, 0.2) is 18.0 Å². The first kappa shape index (κ1) is 22.9. The van der Waals surface area contributed by atoms with Crippen LogP contribution in [-0.2, 0) is 7.05 Å². The Morgan fingerprint density at radius 1 is 1.24 bits per heavy atom. The Morgan fingerprint density at radius 3 is 2.55 bits per heavy atom. The summed E-state index contributed by atoms with van der Waals surface area (Å²) in [6, 6.07) is 6.04. The second-order valence-corrected chi connectivity index (χ2v) is 8.55. The van der Waals surface area contributed by atoms with Gasteiger partial charge in [-0.05, 0) is 37.6 Å². The molecule has 0 saturated carbocycles. The van der Waals surface area contributed by atoms with Crippen LogP contribution in [0.2, 0.25) is 5.15 Å². The Kier molecular flexibility index (Phi) is 5.96. The Labute approximate surface area is 192 Å². The third kappa shape index (κ3) is 4.22. The molecule has 3 aromatic rings. The predicted octanol–water partition coefficient (Wildman–Crippen LogP) is 3.66. The molecule has 0 aliphatic carbocycles. The van der Waals surface area contributed by atoms with Crippen molar-refractivity contribution in [2.45, 2.75) is 32.2 Å². The first-order valence-corrected chi connectivity index (χ1v) is 10.7. The van der Waals surface area contributed by atoms with Crippen molar-refractivity contribution in [3.63, 3.8) is 0 Å². The molecule has 1 aliphatic rings. The highest BCUT2D eigenvalue weighted by atomic mass is 35.5. The molecule has 3 atom stereocenters. The summed E-state index contributed by atoms with van der Waals surface area (Å²) in [5, 5.41) is 13.0. The molecule has 174 valence electrons. The van der Waals surface area contributed by atoms with Gasteiger partial charge in [0.05, 0.1) is 35.7 Å². The van der Waals surface area contributed by atoms with Crippen LogP contribution in [0.15, 0.2) is 29.1 Å². The number of nitrogens with one attached hydrogen (secondary N) is 1. The molecule has 0 radical (unpaired) electrons. The van der Waals surface area contributed by atoms with Gasteiger partial charge < -0.3 is 15.3 Å². The summed E-state index contributed by atoms with van der Waals surface area (Å²) in [6.07, 6.45) is -3.30. The number of carbonyl (C=O) groups is 1. The van der Waals surface area contributed by atoms with Crippen molar-refractivity contribution >= 4 is 40.1 Å². The van der Waals surface area contributed by atoms with E-state index in [0.717, 1.165) is 5.56 Å². The molecule has 1 aromatic carbocycles. The highest BCUT2D eigenvalue weighted by Gasteiger charge is 2.35. The van der Waals surface area contributed by atoms with Crippen LogP contribution < -0.4 is 15.8 Å². The fraction of sp³-hybridized carbons (Fsp3) is 0.364. The van der Waals surface area contributed by atoms with Gasteiger partial charge in [0, 0.05) is 12.6 Å². The number of halogens is 3. The van der Waals surface area contributed by atoms with Crippen molar-refractivity contribution in [2.24, 2.45) is 7.05 Å². The molecule has 33 heavy (non-hydrogen) atoms. The number of rotatable bonds is 5. The van der Waals surface area contributed by atoms with Crippen LogP contribution in [0.3, 0.4) is 0 Å². The summed E-state index contributed by atoms with van der Waals surface area (Å²) in [6.45, 7) is 3.23. The van der Waals surface area contributed by atoms with Gasteiger partial charge in [0.1, 0.15) is 5.15 Å². The van der Waals surface area contributed by atoms with Gasteiger partial charge in [-0.25, -0.2) is 23.5 Å². The smallest absolute Gasteiger partial charge is 0.356 e. The monoisotopic (exact) mass is 477 g/mol. The molecular weight excluding hydrogens is 456 g/mol. The van der Waals surface area contributed by atoms with E-state index in [2.05, 4.69) is 15.3 Å². The standard InChI is InChI=1S/C22H22ClF2N5O3/c1-10-6-12(11(2)26-16-4-5-17(23)27-19(16)21(32)33)18-13(7-10)20(31)29(3)22(28-18)30-8-14(24)15(25)9-30/h4-7,11,14-15,26H,8-9H2,1-3H3,(H,32,33)/t11-,14+,15+/m0/s1. The largest absolute Gasteiger partial charge is 0.476 e. The van der Waals surface area contributed by atoms with E-state index in [1.807, 2.05) is 13.0 Å². The molecule has 1 fully saturated rings. The zero-order valence-corrected chi connectivity index (χ0v) is 18.9. The van der Waals surface area contributed by atoms with Crippen LogP contribution in [-0.4, -0.2) is 51.0 Å². The number of anilines is 2. The van der Waals surface area contributed by atoms with Gasteiger partial charge in [-0.15, -0.1) is 0 Å². The quantitative estimate of drug-likeness (QED) is 0.541. The number of pyridine rings is 1. The molecule has 1 saturated heterocycles. The first-order chi connectivity index (χ1) is 15.6. The van der Waals surface area contributed by atoms with E-state index < -0.39 is 24.4 Å². The Bertz CT molecular complexity index is 1310. The molecule has 2 N–H and O–H groups in total. The lowest BCUT2D eigenvalue weighted by atomic mass is 10.0. The maximum atomic E-state index is 13.8. The maximum absolute atomic E-state index is 13.8. The second-order valence-electron chi connectivity index (χ2n) is 8.16. The lowest BCUT2D eigenvalue weighted by molar-refractivity contribution is 0.0691. The molecule has 0 spiro atoms. The summed E-state index contributed by atoms with van der Waals surface area (Å²) in [5.74, 6) is -1.07. The topological polar surface area (TPSA) is 100 Å². The lowest BCUT2D eigenvalue weighted by Gasteiger charge is -2.22. The van der Waals surface area contributed by atoms with Crippen molar-refractivity contribution in [2.75, 3.05) is 23.3 Å². The van der Waals surface area contributed by atoms with Gasteiger partial charge >= 0.3 is 5.97 Å². The zero-order chi connectivity index (χ0) is 24.0. The normalized spacial score (nSPS) is 19.2. The average Bonchev–Trinajstić information content (AvgIpc) is 3.09. The molecule has 4 rings (SSSR count). The van der Waals surface area contributed by atoms with Crippen LogP contribution >= 0.6 is 11.6 Å². The number of carboxylic acids is 1. The number of aromatic nitrogens is 3. The van der Waals surface area contributed by atoms with E-state index in [1.54, 1.807) is 13.0 Å². The molecule has 0 amide bonds. The number of carboxylic acid groups (broad SMARTS) is 1. The van der Waals surface area contributed by atoms with Crippen molar-refractivity contribution in [1.82, 2.24) is 14.5 Å². The van der Waals surface area contributed by atoms with E-state index >= 15 is 0 Å². The molecule has 0 unspecified atom stereocenters. The van der Waals surface area contributed by atoms with Crippen LogP contribution in [0, 0.1) is 6.92 Å². The van der Waals surface area contributed by atoms with Crippen molar-refractivity contribution in [3.8, 4) is 0 Å². The van der Waals surface area contributed by atoms with Crippen LogP contribution in [0.5, 0.6) is 0 Å². The average molecular weight is 478 g/mol. The van der Waals surface area contributed by atoms with Crippen LogP contribution in [0.25, 0.3) is 10.9 Å². The Hall–Kier alpha value is -3.27. The number of aryl methyl sites for hydroxylation is 1. The Balaban J connectivity index is 1.82. The zero-order valence-electron chi connectivity index (χ0n) is 18.1. The molecule has 3 heterocycles. The van der Waals surface area contributed by atoms with Crippen LogP contribution in [0.4, 0.5) is 20.4 Å². The maximum Gasteiger partial charge on any atom is 0.356 e. The Morgan fingerprint density at radius 2 is 1.91 bits per heavy atom. The SMILES string of the molecule is Cc1cc([C@H](C)Nc2ccc(Cl)nc2C(=O)O)c2nc(N3C[C@@H](F)[C@H](F)C3)n(C)c(=O)c2c1. The number of benzene rings is 1. The van der Waals surface area contributed by atoms with Crippen molar-refractivity contribution in [1.29, 1.82) is 0 Å². The fourth-order valence-electron chi connectivity index (χ4n) is 4.07.